The van der Waals surface area contributed by atoms with Gasteiger partial charge in [0.2, 0.25) is 0 Å². The molecule has 3 nitrogen and oxygen atoms in total. The maximum atomic E-state index is 10.8. The van der Waals surface area contributed by atoms with E-state index in [1.165, 1.54) is 44.3 Å². The molecule has 1 aliphatic heterocycles. The van der Waals surface area contributed by atoms with E-state index in [1.54, 1.807) is 12.1 Å². The van der Waals surface area contributed by atoms with Crippen molar-refractivity contribution in [2.24, 2.45) is 5.41 Å². The lowest BCUT2D eigenvalue weighted by Gasteiger charge is -2.51. The Balaban J connectivity index is 1.88. The average molecular weight is 275 g/mol. The van der Waals surface area contributed by atoms with Crippen LogP contribution in [-0.2, 0) is 6.54 Å². The highest BCUT2D eigenvalue weighted by molar-refractivity contribution is 5.87. The van der Waals surface area contributed by atoms with Gasteiger partial charge in [0.25, 0.3) is 0 Å². The summed E-state index contributed by atoms with van der Waals surface area (Å²) in [6, 6.07) is 7.26. The summed E-state index contributed by atoms with van der Waals surface area (Å²) in [5.41, 5.74) is 2.12. The number of carbonyl (C=O) groups is 1. The summed E-state index contributed by atoms with van der Waals surface area (Å²) >= 11 is 0. The molecule has 1 heterocycles. The molecule has 0 aromatic heterocycles. The average Bonchev–Trinajstić information content (AvgIpc) is 2.38. The van der Waals surface area contributed by atoms with Crippen LogP contribution in [0.3, 0.4) is 0 Å². The summed E-state index contributed by atoms with van der Waals surface area (Å²) in [4.78, 5) is 13.3. The van der Waals surface area contributed by atoms with Crippen LogP contribution < -0.4 is 0 Å². The van der Waals surface area contributed by atoms with E-state index in [1.807, 2.05) is 12.1 Å². The van der Waals surface area contributed by atoms with Gasteiger partial charge in [0.05, 0.1) is 5.56 Å². The summed E-state index contributed by atoms with van der Waals surface area (Å²) in [6.07, 6.45) is 5.19. The maximum absolute atomic E-state index is 10.8. The lowest BCUT2D eigenvalue weighted by Crippen LogP contribution is -2.55. The highest BCUT2D eigenvalue weighted by atomic mass is 16.4. The fraction of sp³-hybridized carbons (Fsp3) is 0.588. The monoisotopic (exact) mass is 275 g/mol. The zero-order valence-electron chi connectivity index (χ0n) is 12.6. The fourth-order valence-corrected chi connectivity index (χ4v) is 3.53. The van der Waals surface area contributed by atoms with Crippen LogP contribution in [0.2, 0.25) is 0 Å². The van der Waals surface area contributed by atoms with Crippen LogP contribution >= 0.6 is 0 Å². The number of aromatic carboxylic acids is 1. The molecule has 20 heavy (non-hydrogen) atoms. The van der Waals surface area contributed by atoms with Crippen molar-refractivity contribution in [2.45, 2.75) is 46.1 Å². The molecule has 1 N–H and O–H groups in total. The van der Waals surface area contributed by atoms with Gasteiger partial charge in [0, 0.05) is 19.6 Å². The van der Waals surface area contributed by atoms with Crippen molar-refractivity contribution in [3.63, 3.8) is 0 Å². The van der Waals surface area contributed by atoms with Crippen LogP contribution in [-0.4, -0.2) is 29.1 Å². The molecule has 0 bridgehead atoms. The van der Waals surface area contributed by atoms with Crippen molar-refractivity contribution < 1.29 is 9.90 Å². The Morgan fingerprint density at radius 1 is 1.15 bits per heavy atom. The second-order valence-electron chi connectivity index (χ2n) is 6.15. The molecular formula is C17H25NO2. The summed E-state index contributed by atoms with van der Waals surface area (Å²) < 4.78 is 0. The van der Waals surface area contributed by atoms with E-state index in [4.69, 9.17) is 5.11 Å². The second-order valence-corrected chi connectivity index (χ2v) is 6.15. The first-order chi connectivity index (χ1) is 9.58. The zero-order chi connectivity index (χ0) is 14.6. The third kappa shape index (κ3) is 3.40. The van der Waals surface area contributed by atoms with E-state index in [0.29, 0.717) is 11.0 Å². The first-order valence-electron chi connectivity index (χ1n) is 7.63. The van der Waals surface area contributed by atoms with Crippen LogP contribution in [0.15, 0.2) is 24.3 Å². The first kappa shape index (κ1) is 15.0. The predicted molar refractivity (Wildman–Crippen MR) is 80.9 cm³/mol. The van der Waals surface area contributed by atoms with Gasteiger partial charge in [0.1, 0.15) is 0 Å². The van der Waals surface area contributed by atoms with Crippen LogP contribution in [0.4, 0.5) is 0 Å². The van der Waals surface area contributed by atoms with E-state index < -0.39 is 5.97 Å². The van der Waals surface area contributed by atoms with Gasteiger partial charge in [-0.15, -0.1) is 0 Å². The lowest BCUT2D eigenvalue weighted by atomic mass is 9.72. The van der Waals surface area contributed by atoms with Crippen molar-refractivity contribution in [2.75, 3.05) is 13.1 Å². The van der Waals surface area contributed by atoms with Gasteiger partial charge in [-0.3, -0.25) is 4.90 Å². The number of nitrogens with zero attached hydrogens (tertiary/aromatic N) is 1. The molecule has 1 aromatic rings. The van der Waals surface area contributed by atoms with Gasteiger partial charge in [-0.2, -0.15) is 0 Å². The van der Waals surface area contributed by atoms with E-state index >= 15 is 0 Å². The van der Waals surface area contributed by atoms with Gasteiger partial charge in [0.15, 0.2) is 0 Å². The van der Waals surface area contributed by atoms with Crippen molar-refractivity contribution >= 4 is 5.97 Å². The first-order valence-corrected chi connectivity index (χ1v) is 7.63. The third-order valence-corrected chi connectivity index (χ3v) is 4.29. The van der Waals surface area contributed by atoms with Gasteiger partial charge in [-0.05, 0) is 36.0 Å². The Bertz CT molecular complexity index is 439. The highest BCUT2D eigenvalue weighted by Gasteiger charge is 2.40. The Morgan fingerprint density at radius 2 is 1.70 bits per heavy atom. The molecule has 0 saturated carbocycles. The molecule has 1 fully saturated rings. The Morgan fingerprint density at radius 3 is 2.15 bits per heavy atom. The zero-order valence-corrected chi connectivity index (χ0v) is 12.6. The molecule has 1 saturated heterocycles. The van der Waals surface area contributed by atoms with Gasteiger partial charge >= 0.3 is 5.97 Å². The normalized spacial score (nSPS) is 17.7. The summed E-state index contributed by atoms with van der Waals surface area (Å²) in [7, 11) is 0. The maximum Gasteiger partial charge on any atom is 0.335 e. The minimum atomic E-state index is -0.856. The van der Waals surface area contributed by atoms with Crippen LogP contribution in [0.1, 0.15) is 55.5 Å². The fourth-order valence-electron chi connectivity index (χ4n) is 3.53. The number of hydrogen-bond donors (Lipinski definition) is 1. The highest BCUT2D eigenvalue weighted by Crippen LogP contribution is 2.40. The van der Waals surface area contributed by atoms with Crippen LogP contribution in [0.25, 0.3) is 0 Å². The van der Waals surface area contributed by atoms with Gasteiger partial charge in [-0.1, -0.05) is 38.8 Å². The molecule has 0 atom stereocenters. The summed E-state index contributed by atoms with van der Waals surface area (Å²) in [5.74, 6) is -0.856. The molecule has 1 aromatic carbocycles. The van der Waals surface area contributed by atoms with Gasteiger partial charge < -0.3 is 5.11 Å². The molecule has 0 radical (unpaired) electrons. The molecule has 0 unspecified atom stereocenters. The van der Waals surface area contributed by atoms with E-state index in [2.05, 4.69) is 18.7 Å². The Kier molecular flexibility index (Phi) is 4.81. The Hall–Kier alpha value is -1.35. The SMILES string of the molecule is CCCC1(CCC)CN(Cc2ccc(C(=O)O)cc2)C1. The molecule has 1 aliphatic rings. The number of benzene rings is 1. The molecule has 110 valence electrons. The quantitative estimate of drug-likeness (QED) is 0.823. The number of carboxylic acid groups (broad SMARTS) is 1. The largest absolute Gasteiger partial charge is 0.478 e. The molecule has 0 amide bonds. The second kappa shape index (κ2) is 6.40. The minimum Gasteiger partial charge on any atom is -0.478 e. The smallest absolute Gasteiger partial charge is 0.335 e. The topological polar surface area (TPSA) is 40.5 Å². The van der Waals surface area contributed by atoms with E-state index in [-0.39, 0.29) is 0 Å². The number of likely N-dealkylation sites (tertiary alicyclic amines) is 1. The van der Waals surface area contributed by atoms with Crippen molar-refractivity contribution in [1.29, 1.82) is 0 Å². The number of carboxylic acids is 1. The summed E-state index contributed by atoms with van der Waals surface area (Å²) in [6.45, 7) is 7.86. The third-order valence-electron chi connectivity index (χ3n) is 4.29. The molecule has 2 rings (SSSR count). The van der Waals surface area contributed by atoms with Crippen molar-refractivity contribution in [1.82, 2.24) is 4.90 Å². The van der Waals surface area contributed by atoms with Crippen LogP contribution in [0.5, 0.6) is 0 Å². The molecule has 0 spiro atoms. The minimum absolute atomic E-state index is 0.365. The Labute approximate surface area is 121 Å². The van der Waals surface area contributed by atoms with Crippen molar-refractivity contribution in [3.05, 3.63) is 35.4 Å². The van der Waals surface area contributed by atoms with E-state index in [9.17, 15) is 4.79 Å². The molecular weight excluding hydrogens is 250 g/mol. The van der Waals surface area contributed by atoms with Crippen molar-refractivity contribution in [3.8, 4) is 0 Å². The van der Waals surface area contributed by atoms with Gasteiger partial charge in [-0.25, -0.2) is 4.79 Å². The lowest BCUT2D eigenvalue weighted by molar-refractivity contribution is -0.0203. The molecule has 0 aliphatic carbocycles. The predicted octanol–water partition coefficient (Wildman–Crippen LogP) is 3.79. The van der Waals surface area contributed by atoms with Crippen LogP contribution in [0, 0.1) is 5.41 Å². The number of hydrogen-bond acceptors (Lipinski definition) is 2. The number of rotatable bonds is 7. The molecule has 3 heteroatoms. The van der Waals surface area contributed by atoms with E-state index in [0.717, 1.165) is 6.54 Å². The standard InChI is InChI=1S/C17H25NO2/c1-3-9-17(10-4-2)12-18(13-17)11-14-5-7-15(8-6-14)16(19)20/h5-8H,3-4,9-13H2,1-2H3,(H,19,20). The summed E-state index contributed by atoms with van der Waals surface area (Å²) in [5, 5.41) is 8.89.